The monoisotopic (exact) mass is 506 g/mol. The summed E-state index contributed by atoms with van der Waals surface area (Å²) in [5, 5.41) is 8.51. The van der Waals surface area contributed by atoms with Crippen molar-refractivity contribution in [1.82, 2.24) is 0 Å². The van der Waals surface area contributed by atoms with Crippen molar-refractivity contribution in [2.75, 3.05) is 20.8 Å². The molecule has 8 heteroatoms. The van der Waals surface area contributed by atoms with Crippen LogP contribution in [0.25, 0.3) is 0 Å². The highest BCUT2D eigenvalue weighted by atomic mass is 19.1. The average Bonchev–Trinajstić information content (AvgIpc) is 2.93. The Morgan fingerprint density at radius 3 is 1.58 bits per heavy atom. The molecule has 2 aromatic carbocycles. The molecule has 0 amide bonds. The Balaban J connectivity index is 0.000000360. The summed E-state index contributed by atoms with van der Waals surface area (Å²) in [7, 11) is 3.23. The Bertz CT molecular complexity index is 926. The van der Waals surface area contributed by atoms with Gasteiger partial charge in [0.15, 0.2) is 12.1 Å². The average molecular weight is 507 g/mol. The lowest BCUT2D eigenvalue weighted by Crippen LogP contribution is -2.07. The van der Waals surface area contributed by atoms with Gasteiger partial charge in [-0.2, -0.15) is 0 Å². The highest BCUT2D eigenvalue weighted by Crippen LogP contribution is 2.14. The largest absolute Gasteiger partial charge is 0.497 e. The fraction of sp³-hybridized carbons (Fsp3) is 0.393. The van der Waals surface area contributed by atoms with E-state index in [1.54, 1.807) is 14.2 Å². The first-order chi connectivity index (χ1) is 17.3. The molecule has 0 spiro atoms. The van der Waals surface area contributed by atoms with Crippen molar-refractivity contribution in [3.63, 3.8) is 0 Å². The molecule has 0 radical (unpaired) electrons. The van der Waals surface area contributed by atoms with E-state index in [0.29, 0.717) is 26.1 Å². The van der Waals surface area contributed by atoms with Gasteiger partial charge in [0.25, 0.3) is 0 Å². The number of aliphatic hydroxyl groups excluding tert-OH is 1. The zero-order valence-electron chi connectivity index (χ0n) is 21.3. The van der Waals surface area contributed by atoms with Gasteiger partial charge in [-0.1, -0.05) is 24.3 Å². The van der Waals surface area contributed by atoms with Crippen LogP contribution in [0.5, 0.6) is 11.5 Å². The predicted molar refractivity (Wildman–Crippen MR) is 135 cm³/mol. The Hall–Kier alpha value is -3.07. The molecule has 2 aromatic rings. The molecule has 0 fully saturated rings. The van der Waals surface area contributed by atoms with Crippen LogP contribution in [0, 0.1) is 0 Å². The first-order valence-corrected chi connectivity index (χ1v) is 11.6. The van der Waals surface area contributed by atoms with E-state index in [-0.39, 0.29) is 18.5 Å². The number of aliphatic hydroxyl groups is 1. The maximum atomic E-state index is 12.7. The molecule has 2 atom stereocenters. The van der Waals surface area contributed by atoms with Crippen LogP contribution in [0.4, 0.5) is 8.78 Å². The van der Waals surface area contributed by atoms with E-state index in [2.05, 4.69) is 0 Å². The number of carbonyl (C=O) groups excluding carboxylic acids is 1. The molecule has 0 unspecified atom stereocenters. The number of carbonyl (C=O) groups is 1. The van der Waals surface area contributed by atoms with E-state index < -0.39 is 18.3 Å². The van der Waals surface area contributed by atoms with E-state index in [4.69, 9.17) is 24.1 Å². The first kappa shape index (κ1) is 31.0. The number of hydrogen-bond acceptors (Lipinski definition) is 6. The molecule has 0 bridgehead atoms. The zero-order valence-corrected chi connectivity index (χ0v) is 21.3. The molecule has 0 saturated carbocycles. The summed E-state index contributed by atoms with van der Waals surface area (Å²) in [6.07, 6.45) is 3.35. The molecule has 36 heavy (non-hydrogen) atoms. The predicted octanol–water partition coefficient (Wildman–Crippen LogP) is 5.88. The van der Waals surface area contributed by atoms with Crippen molar-refractivity contribution in [3.8, 4) is 11.5 Å². The number of hydrogen-bond donors (Lipinski definition) is 1. The topological polar surface area (TPSA) is 74.2 Å². The highest BCUT2D eigenvalue weighted by Gasteiger charge is 2.04. The van der Waals surface area contributed by atoms with E-state index >= 15 is 0 Å². The van der Waals surface area contributed by atoms with Gasteiger partial charge in [0.1, 0.15) is 17.3 Å². The minimum absolute atomic E-state index is 0.0931. The number of halogens is 2. The third kappa shape index (κ3) is 13.7. The summed E-state index contributed by atoms with van der Waals surface area (Å²) in [6, 6.07) is 15.1. The van der Waals surface area contributed by atoms with E-state index in [1.165, 1.54) is 12.2 Å². The van der Waals surface area contributed by atoms with Crippen LogP contribution in [0.2, 0.25) is 0 Å². The maximum absolute atomic E-state index is 12.7. The minimum Gasteiger partial charge on any atom is -0.497 e. The van der Waals surface area contributed by atoms with Gasteiger partial charge < -0.3 is 24.1 Å². The SMILES string of the molecule is COc1ccc(CO[C@H](C)C/C=C(/F)C=O)cc1.COc1ccc(CO[C@H](C)C/C=C(/F)CO)cc1. The van der Waals surface area contributed by atoms with E-state index in [0.717, 1.165) is 22.6 Å². The van der Waals surface area contributed by atoms with Crippen molar-refractivity contribution < 1.29 is 37.6 Å². The highest BCUT2D eigenvalue weighted by molar-refractivity contribution is 5.69. The lowest BCUT2D eigenvalue weighted by Gasteiger charge is -2.11. The number of benzene rings is 2. The maximum Gasteiger partial charge on any atom is 0.178 e. The molecular formula is C28H36F2O6. The van der Waals surface area contributed by atoms with Gasteiger partial charge in [0.2, 0.25) is 0 Å². The molecule has 0 saturated heterocycles. The second-order valence-corrected chi connectivity index (χ2v) is 7.93. The van der Waals surface area contributed by atoms with Gasteiger partial charge in [-0.15, -0.1) is 0 Å². The number of aldehydes is 1. The van der Waals surface area contributed by atoms with Crippen molar-refractivity contribution in [2.45, 2.75) is 52.1 Å². The summed E-state index contributed by atoms with van der Waals surface area (Å²) in [5.74, 6) is 0.326. The molecule has 0 aromatic heterocycles. The van der Waals surface area contributed by atoms with E-state index in [1.807, 2.05) is 62.4 Å². The van der Waals surface area contributed by atoms with Crippen LogP contribution in [0.15, 0.2) is 72.3 Å². The van der Waals surface area contributed by atoms with Crippen LogP contribution in [0.1, 0.15) is 37.8 Å². The van der Waals surface area contributed by atoms with Gasteiger partial charge >= 0.3 is 0 Å². The summed E-state index contributed by atoms with van der Waals surface area (Å²) >= 11 is 0. The molecule has 198 valence electrons. The third-order valence-corrected chi connectivity index (χ3v) is 4.97. The normalized spacial score (nSPS) is 13.3. The molecule has 0 aliphatic heterocycles. The molecular weight excluding hydrogens is 470 g/mol. The van der Waals surface area contributed by atoms with Crippen LogP contribution in [0.3, 0.4) is 0 Å². The number of ether oxygens (including phenoxy) is 4. The van der Waals surface area contributed by atoms with Gasteiger partial charge in [0.05, 0.1) is 46.2 Å². The van der Waals surface area contributed by atoms with E-state index in [9.17, 15) is 13.6 Å². The molecule has 0 aliphatic rings. The fourth-order valence-corrected chi connectivity index (χ4v) is 2.74. The number of allylic oxidation sites excluding steroid dienone is 1. The number of rotatable bonds is 14. The first-order valence-electron chi connectivity index (χ1n) is 11.6. The fourth-order valence-electron chi connectivity index (χ4n) is 2.74. The lowest BCUT2D eigenvalue weighted by atomic mass is 10.2. The van der Waals surface area contributed by atoms with Gasteiger partial charge in [0, 0.05) is 0 Å². The lowest BCUT2D eigenvalue weighted by molar-refractivity contribution is -0.106. The van der Waals surface area contributed by atoms with Crippen LogP contribution >= 0.6 is 0 Å². The second kappa shape index (κ2) is 18.2. The van der Waals surface area contributed by atoms with Gasteiger partial charge in [-0.3, -0.25) is 4.79 Å². The van der Waals surface area contributed by atoms with Crippen molar-refractivity contribution in [1.29, 1.82) is 0 Å². The molecule has 2 rings (SSSR count). The Morgan fingerprint density at radius 2 is 1.22 bits per heavy atom. The van der Waals surface area contributed by atoms with Crippen molar-refractivity contribution >= 4 is 6.29 Å². The van der Waals surface area contributed by atoms with Crippen LogP contribution in [-0.2, 0) is 27.5 Å². The Morgan fingerprint density at radius 1 is 0.806 bits per heavy atom. The summed E-state index contributed by atoms with van der Waals surface area (Å²) in [6.45, 7) is 4.06. The Labute approximate surface area is 212 Å². The van der Waals surface area contributed by atoms with Crippen molar-refractivity contribution in [2.24, 2.45) is 0 Å². The summed E-state index contributed by atoms with van der Waals surface area (Å²) in [5.41, 5.74) is 2.05. The standard InChI is InChI=1S/C14H19FO3.C14H17FO3/c2*1-11(3-6-13(15)9-16)18-10-12-4-7-14(17-2)8-5-12/h4-8,11,16H,3,9-10H2,1-2H3;4-9,11H,3,10H2,1-2H3/b2*13-6+/t2*11-/m11/s1. The molecule has 0 aliphatic carbocycles. The number of methoxy groups -OCH3 is 2. The molecule has 6 nitrogen and oxygen atoms in total. The quantitative estimate of drug-likeness (QED) is 0.255. The van der Waals surface area contributed by atoms with Crippen LogP contribution < -0.4 is 9.47 Å². The second-order valence-electron chi connectivity index (χ2n) is 7.93. The van der Waals surface area contributed by atoms with Gasteiger partial charge in [-0.25, -0.2) is 8.78 Å². The minimum atomic E-state index is -0.755. The smallest absolute Gasteiger partial charge is 0.178 e. The Kier molecular flexibility index (Phi) is 15.7. The summed E-state index contributed by atoms with van der Waals surface area (Å²) in [4.78, 5) is 10.1. The summed E-state index contributed by atoms with van der Waals surface area (Å²) < 4.78 is 46.4. The van der Waals surface area contributed by atoms with Crippen LogP contribution in [-0.4, -0.2) is 44.4 Å². The third-order valence-electron chi connectivity index (χ3n) is 4.97. The van der Waals surface area contributed by atoms with Gasteiger partial charge in [-0.05, 0) is 74.2 Å². The molecule has 0 heterocycles. The molecule has 1 N–H and O–H groups in total. The zero-order chi connectivity index (χ0) is 26.8. The van der Waals surface area contributed by atoms with Crippen molar-refractivity contribution in [3.05, 3.63) is 83.5 Å².